The first-order valence-corrected chi connectivity index (χ1v) is 7.47. The summed E-state index contributed by atoms with van der Waals surface area (Å²) < 4.78 is 5.96. The van der Waals surface area contributed by atoms with Crippen LogP contribution in [0.5, 0.6) is 5.75 Å². The summed E-state index contributed by atoms with van der Waals surface area (Å²) >= 11 is 0. The number of aryl methyl sites for hydroxylation is 1. The van der Waals surface area contributed by atoms with Crippen molar-refractivity contribution in [2.24, 2.45) is 0 Å². The Kier molecular flexibility index (Phi) is 4.24. The van der Waals surface area contributed by atoms with Gasteiger partial charge in [0.15, 0.2) is 0 Å². The summed E-state index contributed by atoms with van der Waals surface area (Å²) in [7, 11) is 0. The molecule has 0 bridgehead atoms. The maximum absolute atomic E-state index is 11.3. The highest BCUT2D eigenvalue weighted by atomic mass is 16.5. The second-order valence-electron chi connectivity index (χ2n) is 5.46. The van der Waals surface area contributed by atoms with Crippen molar-refractivity contribution in [1.29, 1.82) is 0 Å². The maximum Gasteiger partial charge on any atom is 0.221 e. The number of anilines is 1. The fourth-order valence-corrected chi connectivity index (χ4v) is 2.48. The van der Waals surface area contributed by atoms with Gasteiger partial charge in [-0.25, -0.2) is 0 Å². The summed E-state index contributed by atoms with van der Waals surface area (Å²) in [4.78, 5) is 15.8. The van der Waals surface area contributed by atoms with Gasteiger partial charge in [0.1, 0.15) is 12.4 Å². The van der Waals surface area contributed by atoms with Gasteiger partial charge in [-0.3, -0.25) is 9.78 Å². The SMILES string of the molecule is CC(=O)Nc1ccc(C)cc1OCc1cccc2cccnc12. The third kappa shape index (κ3) is 3.48. The van der Waals surface area contributed by atoms with E-state index in [-0.39, 0.29) is 5.91 Å². The van der Waals surface area contributed by atoms with Crippen molar-refractivity contribution in [3.05, 3.63) is 65.9 Å². The van der Waals surface area contributed by atoms with Gasteiger partial charge in [-0.05, 0) is 30.7 Å². The second-order valence-corrected chi connectivity index (χ2v) is 5.46. The Morgan fingerprint density at radius 2 is 2.00 bits per heavy atom. The van der Waals surface area contributed by atoms with Gasteiger partial charge in [-0.15, -0.1) is 0 Å². The van der Waals surface area contributed by atoms with Crippen molar-refractivity contribution in [1.82, 2.24) is 4.98 Å². The van der Waals surface area contributed by atoms with Gasteiger partial charge in [0, 0.05) is 24.1 Å². The molecule has 4 heteroatoms. The number of fused-ring (bicyclic) bond motifs is 1. The number of pyridine rings is 1. The first kappa shape index (κ1) is 15.0. The molecule has 3 aromatic rings. The Morgan fingerprint density at radius 3 is 2.83 bits per heavy atom. The lowest BCUT2D eigenvalue weighted by Crippen LogP contribution is -2.08. The van der Waals surface area contributed by atoms with E-state index in [9.17, 15) is 4.79 Å². The number of nitrogens with zero attached hydrogens (tertiary/aromatic N) is 1. The van der Waals surface area contributed by atoms with Gasteiger partial charge in [0.25, 0.3) is 0 Å². The van der Waals surface area contributed by atoms with Gasteiger partial charge in [0.2, 0.25) is 5.91 Å². The fourth-order valence-electron chi connectivity index (χ4n) is 2.48. The molecule has 0 unspecified atom stereocenters. The van der Waals surface area contributed by atoms with Gasteiger partial charge in [-0.1, -0.05) is 30.3 Å². The molecule has 1 N–H and O–H groups in total. The smallest absolute Gasteiger partial charge is 0.221 e. The van der Waals surface area contributed by atoms with Gasteiger partial charge in [0.05, 0.1) is 11.2 Å². The first-order valence-electron chi connectivity index (χ1n) is 7.47. The number of nitrogens with one attached hydrogen (secondary N) is 1. The summed E-state index contributed by atoms with van der Waals surface area (Å²) in [5.41, 5.74) is 3.70. The van der Waals surface area contributed by atoms with Crippen LogP contribution in [-0.4, -0.2) is 10.9 Å². The van der Waals surface area contributed by atoms with Crippen molar-refractivity contribution < 1.29 is 9.53 Å². The molecule has 1 aromatic heterocycles. The fraction of sp³-hybridized carbons (Fsp3) is 0.158. The van der Waals surface area contributed by atoms with Crippen LogP contribution in [0.25, 0.3) is 10.9 Å². The maximum atomic E-state index is 11.3. The van der Waals surface area contributed by atoms with E-state index in [2.05, 4.69) is 10.3 Å². The van der Waals surface area contributed by atoms with E-state index in [1.165, 1.54) is 6.92 Å². The molecule has 0 aliphatic rings. The van der Waals surface area contributed by atoms with Crippen molar-refractivity contribution in [3.8, 4) is 5.75 Å². The predicted octanol–water partition coefficient (Wildman–Crippen LogP) is 4.08. The molecule has 23 heavy (non-hydrogen) atoms. The minimum absolute atomic E-state index is 0.120. The number of carbonyl (C=O) groups excluding carboxylic acids is 1. The molecule has 0 aliphatic carbocycles. The number of amides is 1. The Balaban J connectivity index is 1.87. The van der Waals surface area contributed by atoms with Crippen LogP contribution in [-0.2, 0) is 11.4 Å². The van der Waals surface area contributed by atoms with Crippen LogP contribution < -0.4 is 10.1 Å². The molecule has 0 fully saturated rings. The largest absolute Gasteiger partial charge is 0.487 e. The molecule has 116 valence electrons. The minimum Gasteiger partial charge on any atom is -0.487 e. The highest BCUT2D eigenvalue weighted by Gasteiger charge is 2.08. The van der Waals surface area contributed by atoms with E-state index in [1.807, 2.05) is 55.5 Å². The van der Waals surface area contributed by atoms with Gasteiger partial charge in [-0.2, -0.15) is 0 Å². The molecular weight excluding hydrogens is 288 g/mol. The number of benzene rings is 2. The summed E-state index contributed by atoms with van der Waals surface area (Å²) in [6, 6.07) is 15.7. The average molecular weight is 306 g/mol. The summed E-state index contributed by atoms with van der Waals surface area (Å²) in [6.45, 7) is 3.87. The number of carbonyl (C=O) groups is 1. The van der Waals surface area contributed by atoms with Gasteiger partial charge >= 0.3 is 0 Å². The van der Waals surface area contributed by atoms with E-state index in [0.29, 0.717) is 18.0 Å². The Labute approximate surface area is 135 Å². The zero-order valence-corrected chi connectivity index (χ0v) is 13.2. The van der Waals surface area contributed by atoms with Crippen LogP contribution in [0.15, 0.2) is 54.7 Å². The first-order chi connectivity index (χ1) is 11.1. The molecule has 0 radical (unpaired) electrons. The predicted molar refractivity (Wildman–Crippen MR) is 91.6 cm³/mol. The Hall–Kier alpha value is -2.88. The Bertz CT molecular complexity index is 854. The number of para-hydroxylation sites is 1. The van der Waals surface area contributed by atoms with Gasteiger partial charge < -0.3 is 10.1 Å². The molecule has 3 rings (SSSR count). The molecule has 0 aliphatic heterocycles. The van der Waals surface area contributed by atoms with Crippen molar-refractivity contribution >= 4 is 22.5 Å². The van der Waals surface area contributed by atoms with Crippen LogP contribution in [0, 0.1) is 6.92 Å². The number of hydrogen-bond donors (Lipinski definition) is 1. The zero-order chi connectivity index (χ0) is 16.2. The van der Waals surface area contributed by atoms with Crippen LogP contribution in [0.2, 0.25) is 0 Å². The molecule has 2 aromatic carbocycles. The molecule has 0 saturated heterocycles. The van der Waals surface area contributed by atoms with E-state index < -0.39 is 0 Å². The number of aromatic nitrogens is 1. The van der Waals surface area contributed by atoms with Crippen LogP contribution in [0.4, 0.5) is 5.69 Å². The minimum atomic E-state index is -0.120. The molecule has 4 nitrogen and oxygen atoms in total. The average Bonchev–Trinajstić information content (AvgIpc) is 2.54. The molecular formula is C19H18N2O2. The van der Waals surface area contributed by atoms with Crippen molar-refractivity contribution in [2.75, 3.05) is 5.32 Å². The number of hydrogen-bond acceptors (Lipinski definition) is 3. The van der Waals surface area contributed by atoms with Crippen LogP contribution >= 0.6 is 0 Å². The monoisotopic (exact) mass is 306 g/mol. The summed E-state index contributed by atoms with van der Waals surface area (Å²) in [5.74, 6) is 0.540. The van der Waals surface area contributed by atoms with Crippen molar-refractivity contribution in [3.63, 3.8) is 0 Å². The van der Waals surface area contributed by atoms with E-state index in [1.54, 1.807) is 6.20 Å². The molecule has 1 heterocycles. The lowest BCUT2D eigenvalue weighted by molar-refractivity contribution is -0.114. The highest BCUT2D eigenvalue weighted by molar-refractivity contribution is 5.90. The second kappa shape index (κ2) is 6.48. The Morgan fingerprint density at radius 1 is 1.17 bits per heavy atom. The van der Waals surface area contributed by atoms with E-state index in [4.69, 9.17) is 4.74 Å². The molecule has 0 spiro atoms. The number of ether oxygens (including phenoxy) is 1. The summed E-state index contributed by atoms with van der Waals surface area (Å²) in [5, 5.41) is 3.88. The quantitative estimate of drug-likeness (QED) is 0.790. The molecule has 1 amide bonds. The van der Waals surface area contributed by atoms with Crippen molar-refractivity contribution in [2.45, 2.75) is 20.5 Å². The lowest BCUT2D eigenvalue weighted by Gasteiger charge is -2.13. The standard InChI is InChI=1S/C19H18N2O2/c1-13-8-9-17(21-14(2)22)18(11-13)23-12-16-6-3-5-15-7-4-10-20-19(15)16/h3-11H,12H2,1-2H3,(H,21,22). The third-order valence-electron chi connectivity index (χ3n) is 3.55. The zero-order valence-electron chi connectivity index (χ0n) is 13.2. The third-order valence-corrected chi connectivity index (χ3v) is 3.55. The van der Waals surface area contributed by atoms with Crippen LogP contribution in [0.3, 0.4) is 0 Å². The van der Waals surface area contributed by atoms with Crippen LogP contribution in [0.1, 0.15) is 18.1 Å². The number of rotatable bonds is 4. The molecule has 0 saturated carbocycles. The van der Waals surface area contributed by atoms with E-state index >= 15 is 0 Å². The molecule has 0 atom stereocenters. The van der Waals surface area contributed by atoms with E-state index in [0.717, 1.165) is 22.0 Å². The lowest BCUT2D eigenvalue weighted by atomic mass is 10.1. The highest BCUT2D eigenvalue weighted by Crippen LogP contribution is 2.27. The summed E-state index contributed by atoms with van der Waals surface area (Å²) in [6.07, 6.45) is 1.78. The topological polar surface area (TPSA) is 51.2 Å². The normalized spacial score (nSPS) is 10.5.